The second-order valence-corrected chi connectivity index (χ2v) is 7.10. The Morgan fingerprint density at radius 1 is 1.04 bits per heavy atom. The van der Waals surface area contributed by atoms with Gasteiger partial charge in [0.1, 0.15) is 0 Å². The van der Waals surface area contributed by atoms with Crippen LogP contribution in [0.2, 0.25) is 0 Å². The molecule has 26 heavy (non-hydrogen) atoms. The number of hydrogen-bond donors (Lipinski definition) is 1. The van der Waals surface area contributed by atoms with Gasteiger partial charge in [-0.25, -0.2) is 0 Å². The molecule has 0 unspecified atom stereocenters. The van der Waals surface area contributed by atoms with Crippen molar-refractivity contribution in [1.82, 2.24) is 10.2 Å². The Hall–Kier alpha value is -2.17. The summed E-state index contributed by atoms with van der Waals surface area (Å²) < 4.78 is 5.91. The van der Waals surface area contributed by atoms with Gasteiger partial charge in [-0.15, -0.1) is 0 Å². The van der Waals surface area contributed by atoms with Crippen molar-refractivity contribution in [1.29, 1.82) is 0 Å². The zero-order valence-electron chi connectivity index (χ0n) is 15.1. The van der Waals surface area contributed by atoms with Gasteiger partial charge in [0.2, 0.25) is 5.91 Å². The number of rotatable bonds is 5. The van der Waals surface area contributed by atoms with Crippen LogP contribution in [-0.4, -0.2) is 37.0 Å². The first-order valence-corrected chi connectivity index (χ1v) is 9.56. The number of amides is 1. The maximum absolute atomic E-state index is 12.5. The lowest BCUT2D eigenvalue weighted by Gasteiger charge is -2.29. The Labute approximate surface area is 155 Å². The third kappa shape index (κ3) is 3.81. The highest BCUT2D eigenvalue weighted by Crippen LogP contribution is 2.26. The molecule has 0 saturated heterocycles. The zero-order chi connectivity index (χ0) is 17.8. The lowest BCUT2D eigenvalue weighted by atomic mass is 9.97. The molecule has 2 aliphatic heterocycles. The Balaban J connectivity index is 1.24. The van der Waals surface area contributed by atoms with Gasteiger partial charge in [0.25, 0.3) is 0 Å². The van der Waals surface area contributed by atoms with Gasteiger partial charge in [0.15, 0.2) is 0 Å². The van der Waals surface area contributed by atoms with E-state index in [1.807, 2.05) is 4.90 Å². The number of carbonyl (C=O) groups excluding carboxylic acids is 1. The SMILES string of the molecule is O=C(CCNC[C@@H]1OCCc2ccccc21)N1CCc2ccccc2C1. The van der Waals surface area contributed by atoms with E-state index in [-0.39, 0.29) is 12.0 Å². The number of fused-ring (bicyclic) bond motifs is 2. The number of nitrogens with one attached hydrogen (secondary N) is 1. The molecule has 136 valence electrons. The fourth-order valence-electron chi connectivity index (χ4n) is 3.94. The lowest BCUT2D eigenvalue weighted by molar-refractivity contribution is -0.132. The summed E-state index contributed by atoms with van der Waals surface area (Å²) >= 11 is 0. The van der Waals surface area contributed by atoms with Crippen molar-refractivity contribution >= 4 is 5.91 Å². The molecule has 1 amide bonds. The van der Waals surface area contributed by atoms with E-state index < -0.39 is 0 Å². The van der Waals surface area contributed by atoms with Crippen LogP contribution in [0.1, 0.15) is 34.8 Å². The number of hydrogen-bond acceptors (Lipinski definition) is 3. The van der Waals surface area contributed by atoms with Gasteiger partial charge in [-0.1, -0.05) is 48.5 Å². The summed E-state index contributed by atoms with van der Waals surface area (Å²) in [6.07, 6.45) is 2.58. The van der Waals surface area contributed by atoms with Gasteiger partial charge in [0, 0.05) is 32.6 Å². The lowest BCUT2D eigenvalue weighted by Crippen LogP contribution is -2.38. The van der Waals surface area contributed by atoms with E-state index in [1.54, 1.807) is 0 Å². The predicted molar refractivity (Wildman–Crippen MR) is 102 cm³/mol. The molecule has 0 saturated carbocycles. The Morgan fingerprint density at radius 2 is 1.81 bits per heavy atom. The van der Waals surface area contributed by atoms with Crippen molar-refractivity contribution in [2.75, 3.05) is 26.2 Å². The Bertz CT molecular complexity index is 774. The monoisotopic (exact) mass is 350 g/mol. The van der Waals surface area contributed by atoms with Crippen molar-refractivity contribution < 1.29 is 9.53 Å². The molecule has 1 atom stereocenters. The minimum absolute atomic E-state index is 0.0944. The maximum Gasteiger partial charge on any atom is 0.224 e. The quantitative estimate of drug-likeness (QED) is 0.843. The largest absolute Gasteiger partial charge is 0.372 e. The molecule has 0 radical (unpaired) electrons. The fraction of sp³-hybridized carbons (Fsp3) is 0.409. The predicted octanol–water partition coefficient (Wildman–Crippen LogP) is 2.87. The molecule has 0 aliphatic carbocycles. The standard InChI is InChI=1S/C22H26N2O2/c25-22(24-13-10-17-5-1-2-7-19(17)16-24)9-12-23-15-21-20-8-4-3-6-18(20)11-14-26-21/h1-8,21,23H,9-16H2/t21-/m0/s1. The van der Waals surface area contributed by atoms with Crippen LogP contribution in [0, 0.1) is 0 Å². The molecule has 4 nitrogen and oxygen atoms in total. The minimum Gasteiger partial charge on any atom is -0.372 e. The average Bonchev–Trinajstić information content (AvgIpc) is 2.70. The Kier molecular flexibility index (Phi) is 5.32. The van der Waals surface area contributed by atoms with E-state index in [1.165, 1.54) is 22.3 Å². The maximum atomic E-state index is 12.5. The highest BCUT2D eigenvalue weighted by Gasteiger charge is 2.21. The van der Waals surface area contributed by atoms with Crippen LogP contribution in [0.3, 0.4) is 0 Å². The highest BCUT2D eigenvalue weighted by atomic mass is 16.5. The number of benzene rings is 2. The van der Waals surface area contributed by atoms with Crippen LogP contribution >= 0.6 is 0 Å². The van der Waals surface area contributed by atoms with E-state index in [2.05, 4.69) is 53.8 Å². The fourth-order valence-corrected chi connectivity index (χ4v) is 3.94. The van der Waals surface area contributed by atoms with Crippen molar-refractivity contribution in [2.24, 2.45) is 0 Å². The van der Waals surface area contributed by atoms with Gasteiger partial charge in [0.05, 0.1) is 12.7 Å². The molecule has 0 spiro atoms. The van der Waals surface area contributed by atoms with Gasteiger partial charge in [-0.05, 0) is 35.1 Å². The molecular weight excluding hydrogens is 324 g/mol. The minimum atomic E-state index is 0.0944. The van der Waals surface area contributed by atoms with Gasteiger partial charge in [-0.3, -0.25) is 4.79 Å². The molecule has 2 aromatic carbocycles. The van der Waals surface area contributed by atoms with E-state index in [9.17, 15) is 4.79 Å². The molecular formula is C22H26N2O2. The topological polar surface area (TPSA) is 41.6 Å². The summed E-state index contributed by atoms with van der Waals surface area (Å²) in [5.41, 5.74) is 5.33. The van der Waals surface area contributed by atoms with Crippen LogP contribution in [0.15, 0.2) is 48.5 Å². The van der Waals surface area contributed by atoms with E-state index in [0.29, 0.717) is 13.0 Å². The number of carbonyl (C=O) groups is 1. The molecule has 1 N–H and O–H groups in total. The van der Waals surface area contributed by atoms with Crippen LogP contribution in [0.4, 0.5) is 0 Å². The summed E-state index contributed by atoms with van der Waals surface area (Å²) in [7, 11) is 0. The van der Waals surface area contributed by atoms with E-state index in [4.69, 9.17) is 4.74 Å². The normalized spacial score (nSPS) is 18.9. The summed E-state index contributed by atoms with van der Waals surface area (Å²) in [5, 5.41) is 3.41. The summed E-state index contributed by atoms with van der Waals surface area (Å²) in [4.78, 5) is 14.5. The van der Waals surface area contributed by atoms with Crippen LogP contribution < -0.4 is 5.32 Å². The average molecular weight is 350 g/mol. The summed E-state index contributed by atoms with van der Waals surface area (Å²) in [6, 6.07) is 16.9. The number of nitrogens with zero attached hydrogens (tertiary/aromatic N) is 1. The van der Waals surface area contributed by atoms with Crippen molar-refractivity contribution in [3.63, 3.8) is 0 Å². The van der Waals surface area contributed by atoms with Gasteiger partial charge >= 0.3 is 0 Å². The second-order valence-electron chi connectivity index (χ2n) is 7.10. The van der Waals surface area contributed by atoms with E-state index in [0.717, 1.165) is 39.1 Å². The molecule has 0 aromatic heterocycles. The second kappa shape index (κ2) is 8.02. The summed E-state index contributed by atoms with van der Waals surface area (Å²) in [5.74, 6) is 0.233. The summed E-state index contributed by atoms with van der Waals surface area (Å²) in [6.45, 7) is 3.80. The zero-order valence-corrected chi connectivity index (χ0v) is 15.1. The van der Waals surface area contributed by atoms with Gasteiger partial charge < -0.3 is 15.0 Å². The first kappa shape index (κ1) is 17.3. The smallest absolute Gasteiger partial charge is 0.224 e. The third-order valence-electron chi connectivity index (χ3n) is 5.42. The third-order valence-corrected chi connectivity index (χ3v) is 5.42. The van der Waals surface area contributed by atoms with Crippen LogP contribution in [0.25, 0.3) is 0 Å². The van der Waals surface area contributed by atoms with Crippen LogP contribution in [-0.2, 0) is 28.9 Å². The van der Waals surface area contributed by atoms with E-state index >= 15 is 0 Å². The molecule has 2 aliphatic rings. The molecule has 0 bridgehead atoms. The first-order chi connectivity index (χ1) is 12.8. The van der Waals surface area contributed by atoms with Crippen LogP contribution in [0.5, 0.6) is 0 Å². The number of ether oxygens (including phenoxy) is 1. The van der Waals surface area contributed by atoms with Crippen molar-refractivity contribution in [3.05, 3.63) is 70.8 Å². The molecule has 4 rings (SSSR count). The highest BCUT2D eigenvalue weighted by molar-refractivity contribution is 5.76. The molecule has 2 aromatic rings. The van der Waals surface area contributed by atoms with Crippen molar-refractivity contribution in [2.45, 2.75) is 31.9 Å². The van der Waals surface area contributed by atoms with Crippen molar-refractivity contribution in [3.8, 4) is 0 Å². The molecule has 2 heterocycles. The van der Waals surface area contributed by atoms with Gasteiger partial charge in [-0.2, -0.15) is 0 Å². The Morgan fingerprint density at radius 3 is 2.69 bits per heavy atom. The molecule has 0 fully saturated rings. The molecule has 4 heteroatoms. The first-order valence-electron chi connectivity index (χ1n) is 9.56.